The summed E-state index contributed by atoms with van der Waals surface area (Å²) in [7, 11) is 1.32. The van der Waals surface area contributed by atoms with E-state index in [1.807, 2.05) is 44.2 Å². The van der Waals surface area contributed by atoms with Crippen LogP contribution in [0, 0.1) is 6.92 Å². The zero-order valence-corrected chi connectivity index (χ0v) is 16.5. The Balaban J connectivity index is 1.92. The number of nitrogens with zero attached hydrogens (tertiary/aromatic N) is 3. The Hall–Kier alpha value is -3.68. The van der Waals surface area contributed by atoms with Crippen LogP contribution in [0.2, 0.25) is 0 Å². The smallest absolute Gasteiger partial charge is 0.351 e. The number of aryl methyl sites for hydroxylation is 1. The van der Waals surface area contributed by atoms with Gasteiger partial charge in [-0.15, -0.1) is 0 Å². The van der Waals surface area contributed by atoms with E-state index in [1.54, 1.807) is 18.2 Å². The molecule has 0 aliphatic rings. The van der Waals surface area contributed by atoms with Gasteiger partial charge in [0.05, 0.1) is 12.3 Å². The molecule has 1 amide bonds. The van der Waals surface area contributed by atoms with E-state index in [0.29, 0.717) is 18.0 Å². The first kappa shape index (κ1) is 20.1. The number of hydrogen-bond acceptors (Lipinski definition) is 5. The van der Waals surface area contributed by atoms with Crippen LogP contribution >= 0.6 is 0 Å². The van der Waals surface area contributed by atoms with Gasteiger partial charge in [0.15, 0.2) is 0 Å². The van der Waals surface area contributed by atoms with Gasteiger partial charge in [0.1, 0.15) is 5.75 Å². The highest BCUT2D eigenvalue weighted by Crippen LogP contribution is 2.17. The van der Waals surface area contributed by atoms with Crippen molar-refractivity contribution in [2.45, 2.75) is 20.4 Å². The summed E-state index contributed by atoms with van der Waals surface area (Å²) in [5, 5.41) is 6.71. The topological polar surface area (TPSA) is 95.2 Å². The van der Waals surface area contributed by atoms with Gasteiger partial charge in [-0.05, 0) is 32.0 Å². The highest BCUT2D eigenvalue weighted by molar-refractivity contribution is 5.91. The molecular formula is C21H22N4O4. The van der Waals surface area contributed by atoms with Crippen LogP contribution in [0.1, 0.15) is 28.5 Å². The minimum absolute atomic E-state index is 0.156. The summed E-state index contributed by atoms with van der Waals surface area (Å²) < 4.78 is 7.46. The second-order valence-corrected chi connectivity index (χ2v) is 6.47. The quantitative estimate of drug-likeness (QED) is 0.685. The number of aromatic nitrogens is 3. The Bertz CT molecular complexity index is 1150. The predicted octanol–water partition coefficient (Wildman–Crippen LogP) is 1.57. The standard InChI is InChI=1S/C21H22N4O4/c1-4-29-17-8-6-5-7-15(17)13-22-19(26)18-20(27)24(3)21(28)25(23-18)16-11-9-14(2)10-12-16/h5-12H,4,13H2,1-3H3,(H,22,26). The lowest BCUT2D eigenvalue weighted by molar-refractivity contribution is 0.0941. The van der Waals surface area contributed by atoms with Crippen LogP contribution in [0.3, 0.4) is 0 Å². The first-order valence-electron chi connectivity index (χ1n) is 9.18. The number of para-hydroxylation sites is 1. The van der Waals surface area contributed by atoms with Crippen LogP contribution in [0.15, 0.2) is 58.1 Å². The number of nitrogens with one attached hydrogen (secondary N) is 1. The third kappa shape index (κ3) is 4.26. The Kier molecular flexibility index (Phi) is 5.92. The zero-order chi connectivity index (χ0) is 21.0. The number of amides is 1. The van der Waals surface area contributed by atoms with Crippen molar-refractivity contribution in [1.82, 2.24) is 19.7 Å². The van der Waals surface area contributed by atoms with Crippen LogP contribution in [0.5, 0.6) is 5.75 Å². The van der Waals surface area contributed by atoms with Crippen molar-refractivity contribution < 1.29 is 9.53 Å². The third-order valence-corrected chi connectivity index (χ3v) is 4.38. The Labute approximate surface area is 167 Å². The van der Waals surface area contributed by atoms with Gasteiger partial charge in [0.2, 0.25) is 5.69 Å². The summed E-state index contributed by atoms with van der Waals surface area (Å²) in [5.41, 5.74) is 0.503. The van der Waals surface area contributed by atoms with E-state index in [0.717, 1.165) is 20.4 Å². The highest BCUT2D eigenvalue weighted by Gasteiger charge is 2.19. The van der Waals surface area contributed by atoms with Crippen LogP contribution in [-0.4, -0.2) is 26.9 Å². The average Bonchev–Trinajstić information content (AvgIpc) is 2.72. The summed E-state index contributed by atoms with van der Waals surface area (Å²) in [6.45, 7) is 4.44. The molecule has 0 unspecified atom stereocenters. The first-order chi connectivity index (χ1) is 13.9. The molecule has 0 spiro atoms. The molecule has 8 nitrogen and oxygen atoms in total. The Morgan fingerprint density at radius 2 is 1.79 bits per heavy atom. The summed E-state index contributed by atoms with van der Waals surface area (Å²) >= 11 is 0. The van der Waals surface area contributed by atoms with Crippen LogP contribution in [0.4, 0.5) is 0 Å². The molecular weight excluding hydrogens is 372 g/mol. The van der Waals surface area contributed by atoms with E-state index >= 15 is 0 Å². The lowest BCUT2D eigenvalue weighted by Crippen LogP contribution is -2.44. The molecule has 3 rings (SSSR count). The molecule has 0 bridgehead atoms. The van der Waals surface area contributed by atoms with E-state index in [-0.39, 0.29) is 12.2 Å². The van der Waals surface area contributed by atoms with Crippen LogP contribution < -0.4 is 21.3 Å². The fraction of sp³-hybridized carbons (Fsp3) is 0.238. The minimum atomic E-state index is -0.756. The summed E-state index contributed by atoms with van der Waals surface area (Å²) in [6, 6.07) is 14.3. The second-order valence-electron chi connectivity index (χ2n) is 6.47. The summed E-state index contributed by atoms with van der Waals surface area (Å²) in [6.07, 6.45) is 0. The minimum Gasteiger partial charge on any atom is -0.494 e. The highest BCUT2D eigenvalue weighted by atomic mass is 16.5. The summed E-state index contributed by atoms with van der Waals surface area (Å²) in [4.78, 5) is 37.6. The van der Waals surface area contributed by atoms with Crippen LogP contribution in [-0.2, 0) is 13.6 Å². The van der Waals surface area contributed by atoms with E-state index < -0.39 is 17.2 Å². The fourth-order valence-electron chi connectivity index (χ4n) is 2.78. The van der Waals surface area contributed by atoms with E-state index in [4.69, 9.17) is 4.74 Å². The predicted molar refractivity (Wildman–Crippen MR) is 109 cm³/mol. The van der Waals surface area contributed by atoms with Crippen molar-refractivity contribution in [3.05, 3.63) is 86.2 Å². The van der Waals surface area contributed by atoms with Gasteiger partial charge in [-0.3, -0.25) is 14.2 Å². The van der Waals surface area contributed by atoms with Gasteiger partial charge < -0.3 is 10.1 Å². The number of ether oxygens (including phenoxy) is 1. The first-order valence-corrected chi connectivity index (χ1v) is 9.18. The van der Waals surface area contributed by atoms with Crippen molar-refractivity contribution in [3.8, 4) is 11.4 Å². The van der Waals surface area contributed by atoms with Crippen molar-refractivity contribution in [3.63, 3.8) is 0 Å². The van der Waals surface area contributed by atoms with Gasteiger partial charge in [-0.25, -0.2) is 4.79 Å². The van der Waals surface area contributed by atoms with Crippen molar-refractivity contribution in [2.75, 3.05) is 6.61 Å². The van der Waals surface area contributed by atoms with Gasteiger partial charge in [0.25, 0.3) is 11.5 Å². The van der Waals surface area contributed by atoms with E-state index in [9.17, 15) is 14.4 Å². The molecule has 0 fully saturated rings. The lowest BCUT2D eigenvalue weighted by atomic mass is 10.2. The Morgan fingerprint density at radius 3 is 2.48 bits per heavy atom. The van der Waals surface area contributed by atoms with Gasteiger partial charge in [-0.2, -0.15) is 9.78 Å². The molecule has 0 saturated carbocycles. The Morgan fingerprint density at radius 1 is 1.10 bits per heavy atom. The van der Waals surface area contributed by atoms with Gasteiger partial charge in [-0.1, -0.05) is 35.9 Å². The maximum atomic E-state index is 12.7. The van der Waals surface area contributed by atoms with Crippen molar-refractivity contribution in [2.24, 2.45) is 7.05 Å². The van der Waals surface area contributed by atoms with Gasteiger partial charge >= 0.3 is 5.69 Å². The molecule has 2 aromatic carbocycles. The molecule has 0 atom stereocenters. The average molecular weight is 394 g/mol. The lowest BCUT2D eigenvalue weighted by Gasteiger charge is -2.12. The largest absolute Gasteiger partial charge is 0.494 e. The molecule has 1 aromatic heterocycles. The van der Waals surface area contributed by atoms with Gasteiger partial charge in [0, 0.05) is 19.2 Å². The molecule has 29 heavy (non-hydrogen) atoms. The second kappa shape index (κ2) is 8.55. The SMILES string of the molecule is CCOc1ccccc1CNC(=O)c1nn(-c2ccc(C)cc2)c(=O)n(C)c1=O. The number of hydrogen-bond donors (Lipinski definition) is 1. The maximum absolute atomic E-state index is 12.7. The molecule has 0 radical (unpaired) electrons. The molecule has 1 N–H and O–H groups in total. The number of carbonyl (C=O) groups is 1. The molecule has 0 aliphatic heterocycles. The number of rotatable bonds is 6. The summed E-state index contributed by atoms with van der Waals surface area (Å²) in [5.74, 6) is -0.0152. The van der Waals surface area contributed by atoms with E-state index in [2.05, 4.69) is 10.4 Å². The third-order valence-electron chi connectivity index (χ3n) is 4.38. The molecule has 1 heterocycles. The zero-order valence-electron chi connectivity index (χ0n) is 16.5. The molecule has 0 saturated heterocycles. The van der Waals surface area contributed by atoms with E-state index in [1.165, 1.54) is 7.05 Å². The fourth-order valence-corrected chi connectivity index (χ4v) is 2.78. The van der Waals surface area contributed by atoms with Crippen LogP contribution in [0.25, 0.3) is 5.69 Å². The molecule has 3 aromatic rings. The normalized spacial score (nSPS) is 10.6. The number of benzene rings is 2. The monoisotopic (exact) mass is 394 g/mol. The molecule has 150 valence electrons. The molecule has 8 heteroatoms. The number of carbonyl (C=O) groups excluding carboxylic acids is 1. The van der Waals surface area contributed by atoms with Crippen molar-refractivity contribution >= 4 is 5.91 Å². The molecule has 0 aliphatic carbocycles. The maximum Gasteiger partial charge on any atom is 0.351 e. The van der Waals surface area contributed by atoms with Crippen molar-refractivity contribution in [1.29, 1.82) is 0 Å².